The summed E-state index contributed by atoms with van der Waals surface area (Å²) in [5.41, 5.74) is 8.83. The molecule has 4 nitrogen and oxygen atoms in total. The van der Waals surface area contributed by atoms with Gasteiger partial charge in [0.1, 0.15) is 11.3 Å². The van der Waals surface area contributed by atoms with Crippen molar-refractivity contribution in [3.63, 3.8) is 0 Å². The maximum absolute atomic E-state index is 12.8. The number of nitrogens with two attached hydrogens (primary N) is 1. The van der Waals surface area contributed by atoms with E-state index < -0.39 is 0 Å². The van der Waals surface area contributed by atoms with Crippen molar-refractivity contribution in [3.8, 4) is 0 Å². The van der Waals surface area contributed by atoms with Crippen LogP contribution in [0.15, 0.2) is 46.9 Å². The lowest BCUT2D eigenvalue weighted by Crippen LogP contribution is -2.04. The van der Waals surface area contributed by atoms with Crippen LogP contribution in [0.1, 0.15) is 5.56 Å². The molecule has 0 atom stereocenters. The Bertz CT molecular complexity index is 722. The summed E-state index contributed by atoms with van der Waals surface area (Å²) in [6.07, 6.45) is 0.765. The van der Waals surface area contributed by atoms with Gasteiger partial charge in [-0.3, -0.25) is 0 Å². The third kappa shape index (κ3) is 2.71. The first-order chi connectivity index (χ1) is 9.70. The molecule has 3 rings (SSSR count). The second kappa shape index (κ2) is 5.21. The first-order valence-electron chi connectivity index (χ1n) is 6.35. The van der Waals surface area contributed by atoms with Gasteiger partial charge in [-0.15, -0.1) is 0 Å². The van der Waals surface area contributed by atoms with Crippen LogP contribution in [0, 0.1) is 5.82 Å². The molecule has 0 bridgehead atoms. The summed E-state index contributed by atoms with van der Waals surface area (Å²) >= 11 is 0. The monoisotopic (exact) mass is 271 g/mol. The van der Waals surface area contributed by atoms with E-state index in [9.17, 15) is 4.39 Å². The number of anilines is 2. The Kier molecular flexibility index (Phi) is 3.25. The molecule has 1 aromatic heterocycles. The number of aromatic nitrogens is 1. The predicted molar refractivity (Wildman–Crippen MR) is 77.0 cm³/mol. The van der Waals surface area contributed by atoms with Crippen molar-refractivity contribution in [2.75, 3.05) is 17.6 Å². The van der Waals surface area contributed by atoms with Gasteiger partial charge in [-0.25, -0.2) is 4.39 Å². The minimum Gasteiger partial charge on any atom is -0.424 e. The van der Waals surface area contributed by atoms with Gasteiger partial charge in [-0.2, -0.15) is 4.98 Å². The lowest BCUT2D eigenvalue weighted by molar-refractivity contribution is 0.614. The quantitative estimate of drug-likeness (QED) is 0.715. The smallest absolute Gasteiger partial charge is 0.295 e. The van der Waals surface area contributed by atoms with Crippen LogP contribution in [-0.4, -0.2) is 11.5 Å². The third-order valence-corrected chi connectivity index (χ3v) is 3.01. The topological polar surface area (TPSA) is 64.1 Å². The Hall–Kier alpha value is -2.56. The predicted octanol–water partition coefficient (Wildman–Crippen LogP) is 3.20. The van der Waals surface area contributed by atoms with Crippen molar-refractivity contribution in [1.29, 1.82) is 0 Å². The van der Waals surface area contributed by atoms with Crippen molar-refractivity contribution >= 4 is 22.8 Å². The summed E-state index contributed by atoms with van der Waals surface area (Å²) in [5.74, 6) is -0.224. The first-order valence-corrected chi connectivity index (χ1v) is 6.35. The maximum atomic E-state index is 12.8. The highest BCUT2D eigenvalue weighted by molar-refractivity contribution is 5.78. The molecule has 0 saturated heterocycles. The van der Waals surface area contributed by atoms with Crippen molar-refractivity contribution in [2.24, 2.45) is 0 Å². The molecule has 3 aromatic rings. The summed E-state index contributed by atoms with van der Waals surface area (Å²) < 4.78 is 18.3. The Labute approximate surface area is 115 Å². The number of rotatable bonds is 4. The molecule has 2 aromatic carbocycles. The van der Waals surface area contributed by atoms with Crippen LogP contribution in [-0.2, 0) is 6.42 Å². The number of halogens is 1. The van der Waals surface area contributed by atoms with Gasteiger partial charge in [0, 0.05) is 12.2 Å². The Morgan fingerprint density at radius 3 is 2.75 bits per heavy atom. The normalized spacial score (nSPS) is 10.8. The molecule has 0 unspecified atom stereocenters. The molecule has 0 saturated carbocycles. The molecule has 102 valence electrons. The van der Waals surface area contributed by atoms with Crippen LogP contribution >= 0.6 is 0 Å². The molecule has 0 amide bonds. The highest BCUT2D eigenvalue weighted by Gasteiger charge is 2.05. The van der Waals surface area contributed by atoms with E-state index in [0.29, 0.717) is 23.8 Å². The highest BCUT2D eigenvalue weighted by atomic mass is 19.1. The molecule has 0 fully saturated rings. The zero-order chi connectivity index (χ0) is 13.9. The van der Waals surface area contributed by atoms with E-state index in [1.54, 1.807) is 30.3 Å². The third-order valence-electron chi connectivity index (χ3n) is 3.01. The molecule has 0 aliphatic carbocycles. The zero-order valence-electron chi connectivity index (χ0n) is 10.8. The average molecular weight is 271 g/mol. The number of nitrogens with zero attached hydrogens (tertiary/aromatic N) is 1. The molecule has 0 aliphatic heterocycles. The second-order valence-electron chi connectivity index (χ2n) is 4.55. The molecule has 3 N–H and O–H groups in total. The fraction of sp³-hybridized carbons (Fsp3) is 0.133. The molecule has 0 aliphatic rings. The molecular formula is C15H14FN3O. The van der Waals surface area contributed by atoms with Crippen molar-refractivity contribution in [2.45, 2.75) is 6.42 Å². The summed E-state index contributed by atoms with van der Waals surface area (Å²) in [6, 6.07) is 12.2. The van der Waals surface area contributed by atoms with Gasteiger partial charge in [0.25, 0.3) is 6.01 Å². The summed E-state index contributed by atoms with van der Waals surface area (Å²) in [7, 11) is 0. The van der Waals surface area contributed by atoms with Crippen LogP contribution in [0.3, 0.4) is 0 Å². The molecule has 0 spiro atoms. The Balaban J connectivity index is 1.63. The SMILES string of the molecule is Nc1ccc2oc(NCCc3ccc(F)cc3)nc2c1. The molecule has 1 heterocycles. The van der Waals surface area contributed by atoms with Crippen molar-refractivity contribution < 1.29 is 8.81 Å². The van der Waals surface area contributed by atoms with Crippen LogP contribution in [0.5, 0.6) is 0 Å². The van der Waals surface area contributed by atoms with Gasteiger partial charge in [0.05, 0.1) is 0 Å². The van der Waals surface area contributed by atoms with Gasteiger partial charge >= 0.3 is 0 Å². The zero-order valence-corrected chi connectivity index (χ0v) is 10.8. The van der Waals surface area contributed by atoms with E-state index >= 15 is 0 Å². The number of hydrogen-bond acceptors (Lipinski definition) is 4. The number of fused-ring (bicyclic) bond motifs is 1. The first kappa shape index (κ1) is 12.5. The molecule has 20 heavy (non-hydrogen) atoms. The van der Waals surface area contributed by atoms with E-state index in [0.717, 1.165) is 17.5 Å². The van der Waals surface area contributed by atoms with Crippen LogP contribution in [0.4, 0.5) is 16.1 Å². The van der Waals surface area contributed by atoms with Crippen LogP contribution in [0.25, 0.3) is 11.1 Å². The molecular weight excluding hydrogens is 257 g/mol. The fourth-order valence-electron chi connectivity index (χ4n) is 1.98. The van der Waals surface area contributed by atoms with E-state index in [4.69, 9.17) is 10.2 Å². The van der Waals surface area contributed by atoms with E-state index in [1.165, 1.54) is 12.1 Å². The highest BCUT2D eigenvalue weighted by Crippen LogP contribution is 2.20. The summed E-state index contributed by atoms with van der Waals surface area (Å²) in [5, 5.41) is 3.10. The van der Waals surface area contributed by atoms with Gasteiger partial charge in [0.15, 0.2) is 5.58 Å². The molecule has 0 radical (unpaired) electrons. The van der Waals surface area contributed by atoms with Gasteiger partial charge in [0.2, 0.25) is 0 Å². The second-order valence-corrected chi connectivity index (χ2v) is 4.55. The summed E-state index contributed by atoms with van der Waals surface area (Å²) in [4.78, 5) is 4.30. The number of nitrogen functional groups attached to an aromatic ring is 1. The van der Waals surface area contributed by atoms with E-state index in [1.807, 2.05) is 0 Å². The number of nitrogens with one attached hydrogen (secondary N) is 1. The number of oxazole rings is 1. The Morgan fingerprint density at radius 2 is 1.95 bits per heavy atom. The Morgan fingerprint density at radius 1 is 1.15 bits per heavy atom. The summed E-state index contributed by atoms with van der Waals surface area (Å²) in [6.45, 7) is 0.661. The molecule has 5 heteroatoms. The number of benzene rings is 2. The fourth-order valence-corrected chi connectivity index (χ4v) is 1.98. The maximum Gasteiger partial charge on any atom is 0.295 e. The minimum atomic E-state index is -0.224. The van der Waals surface area contributed by atoms with Gasteiger partial charge < -0.3 is 15.5 Å². The van der Waals surface area contributed by atoms with Gasteiger partial charge in [-0.05, 0) is 42.3 Å². The minimum absolute atomic E-state index is 0.224. The largest absolute Gasteiger partial charge is 0.424 e. The van der Waals surface area contributed by atoms with Crippen LogP contribution in [0.2, 0.25) is 0 Å². The lowest BCUT2D eigenvalue weighted by Gasteiger charge is -2.01. The lowest BCUT2D eigenvalue weighted by atomic mass is 10.1. The van der Waals surface area contributed by atoms with Crippen LogP contribution < -0.4 is 11.1 Å². The average Bonchev–Trinajstić information content (AvgIpc) is 2.83. The van der Waals surface area contributed by atoms with E-state index in [-0.39, 0.29) is 5.82 Å². The van der Waals surface area contributed by atoms with E-state index in [2.05, 4.69) is 10.3 Å². The van der Waals surface area contributed by atoms with Crippen molar-refractivity contribution in [1.82, 2.24) is 4.98 Å². The van der Waals surface area contributed by atoms with Gasteiger partial charge in [-0.1, -0.05) is 12.1 Å². The van der Waals surface area contributed by atoms with Crippen molar-refractivity contribution in [3.05, 3.63) is 53.8 Å². The standard InChI is InChI=1S/C15H14FN3O/c16-11-3-1-10(2-4-11)7-8-18-15-19-13-9-12(17)5-6-14(13)20-15/h1-6,9H,7-8,17H2,(H,18,19). The number of hydrogen-bond donors (Lipinski definition) is 2.